The fourth-order valence-corrected chi connectivity index (χ4v) is 3.47. The molecule has 29 heavy (non-hydrogen) atoms. The van der Waals surface area contributed by atoms with Gasteiger partial charge in [-0.15, -0.1) is 12.4 Å². The van der Waals surface area contributed by atoms with E-state index in [1.165, 1.54) is 12.8 Å². The monoisotopic (exact) mass is 418 g/mol. The number of piperidine rings is 1. The average molecular weight is 419 g/mol. The largest absolute Gasteiger partial charge is 0.493 e. The lowest BCUT2D eigenvalue weighted by atomic mass is 9.93. The summed E-state index contributed by atoms with van der Waals surface area (Å²) in [7, 11) is 1.63. The van der Waals surface area contributed by atoms with Crippen molar-refractivity contribution < 1.29 is 14.3 Å². The molecule has 0 atom stereocenters. The number of carbonyl (C=O) groups is 1. The second-order valence-electron chi connectivity index (χ2n) is 7.27. The van der Waals surface area contributed by atoms with Crippen molar-refractivity contribution in [1.29, 1.82) is 0 Å². The van der Waals surface area contributed by atoms with Crippen LogP contribution in [-0.4, -0.2) is 26.1 Å². The minimum absolute atomic E-state index is 0. The van der Waals surface area contributed by atoms with Gasteiger partial charge in [0.25, 0.3) is 0 Å². The number of benzene rings is 2. The summed E-state index contributed by atoms with van der Waals surface area (Å²) in [5, 5.41) is 6.38. The van der Waals surface area contributed by atoms with Crippen molar-refractivity contribution in [3.63, 3.8) is 0 Å². The number of halogens is 1. The number of hydrogen-bond acceptors (Lipinski definition) is 4. The Bertz CT molecular complexity index is 749. The molecule has 6 heteroatoms. The molecule has 2 N–H and O–H groups in total. The highest BCUT2D eigenvalue weighted by Gasteiger charge is 2.14. The van der Waals surface area contributed by atoms with Crippen molar-refractivity contribution in [3.05, 3.63) is 59.7 Å². The van der Waals surface area contributed by atoms with Crippen molar-refractivity contribution in [2.45, 2.75) is 38.8 Å². The van der Waals surface area contributed by atoms with Gasteiger partial charge in [-0.2, -0.15) is 0 Å². The maximum absolute atomic E-state index is 12.2. The third-order valence-corrected chi connectivity index (χ3v) is 5.19. The van der Waals surface area contributed by atoms with Gasteiger partial charge in [0.15, 0.2) is 11.5 Å². The molecule has 0 aromatic heterocycles. The van der Waals surface area contributed by atoms with Gasteiger partial charge in [0.1, 0.15) is 6.61 Å². The first-order valence-corrected chi connectivity index (χ1v) is 10.1. The number of ether oxygens (including phenoxy) is 2. The van der Waals surface area contributed by atoms with Gasteiger partial charge in [0.05, 0.1) is 7.11 Å². The first-order valence-electron chi connectivity index (χ1n) is 10.1. The minimum Gasteiger partial charge on any atom is -0.493 e. The van der Waals surface area contributed by atoms with Gasteiger partial charge in [-0.3, -0.25) is 4.79 Å². The van der Waals surface area contributed by atoms with Crippen molar-refractivity contribution in [3.8, 4) is 11.5 Å². The fraction of sp³-hybridized carbons (Fsp3) is 0.435. The van der Waals surface area contributed by atoms with Gasteiger partial charge < -0.3 is 20.1 Å². The van der Waals surface area contributed by atoms with E-state index >= 15 is 0 Å². The molecular formula is C23H31ClN2O3. The molecule has 3 rings (SSSR count). The van der Waals surface area contributed by atoms with Gasteiger partial charge in [0, 0.05) is 13.0 Å². The number of methoxy groups -OCH3 is 1. The van der Waals surface area contributed by atoms with Crippen LogP contribution in [0, 0.1) is 5.92 Å². The lowest BCUT2D eigenvalue weighted by Gasteiger charge is -2.22. The van der Waals surface area contributed by atoms with E-state index in [1.807, 2.05) is 48.5 Å². The lowest BCUT2D eigenvalue weighted by Crippen LogP contribution is -2.29. The summed E-state index contributed by atoms with van der Waals surface area (Å²) < 4.78 is 11.3. The highest BCUT2D eigenvalue weighted by Crippen LogP contribution is 2.29. The van der Waals surface area contributed by atoms with E-state index in [1.54, 1.807) is 7.11 Å². The number of hydrogen-bond donors (Lipinski definition) is 2. The van der Waals surface area contributed by atoms with Gasteiger partial charge in [0.2, 0.25) is 5.91 Å². The molecule has 5 nitrogen and oxygen atoms in total. The zero-order chi connectivity index (χ0) is 19.6. The van der Waals surface area contributed by atoms with Crippen LogP contribution in [0.5, 0.6) is 11.5 Å². The molecule has 0 aliphatic carbocycles. The smallest absolute Gasteiger partial charge is 0.220 e. The average Bonchev–Trinajstić information content (AvgIpc) is 2.76. The molecule has 1 amide bonds. The molecule has 0 radical (unpaired) electrons. The molecule has 2 aromatic carbocycles. The molecule has 158 valence electrons. The predicted molar refractivity (Wildman–Crippen MR) is 118 cm³/mol. The van der Waals surface area contributed by atoms with Crippen LogP contribution in [0.1, 0.15) is 36.8 Å². The topological polar surface area (TPSA) is 59.6 Å². The van der Waals surface area contributed by atoms with Crippen LogP contribution in [0.3, 0.4) is 0 Å². The molecule has 0 spiro atoms. The highest BCUT2D eigenvalue weighted by atomic mass is 35.5. The standard InChI is InChI=1S/C23H30N2O3.ClH/c1-27-22-15-20(7-9-21(22)28-17-19-5-3-2-4-6-19)16-25-23(26)10-8-18-11-13-24-14-12-18;/h2-7,9,15,18,24H,8,10-14,16-17H2,1H3,(H,25,26);1H. The highest BCUT2D eigenvalue weighted by molar-refractivity contribution is 5.85. The van der Waals surface area contributed by atoms with Gasteiger partial charge in [-0.1, -0.05) is 36.4 Å². The predicted octanol–water partition coefficient (Wildman–Crippen LogP) is 4.09. The second kappa shape index (κ2) is 12.3. The van der Waals surface area contributed by atoms with Crippen LogP contribution in [0.4, 0.5) is 0 Å². The summed E-state index contributed by atoms with van der Waals surface area (Å²) in [5.74, 6) is 2.17. The Kier molecular flexibility index (Phi) is 9.81. The maximum atomic E-state index is 12.2. The zero-order valence-electron chi connectivity index (χ0n) is 17.0. The van der Waals surface area contributed by atoms with Gasteiger partial charge in [-0.05, 0) is 61.5 Å². The summed E-state index contributed by atoms with van der Waals surface area (Å²) in [4.78, 5) is 12.2. The first-order chi connectivity index (χ1) is 13.7. The van der Waals surface area contributed by atoms with Crippen LogP contribution in [-0.2, 0) is 17.9 Å². The molecule has 1 heterocycles. The van der Waals surface area contributed by atoms with Crippen molar-refractivity contribution in [1.82, 2.24) is 10.6 Å². The second-order valence-corrected chi connectivity index (χ2v) is 7.27. The van der Waals surface area contributed by atoms with E-state index in [0.29, 0.717) is 37.0 Å². The Hall–Kier alpha value is -2.24. The van der Waals surface area contributed by atoms with E-state index in [-0.39, 0.29) is 18.3 Å². The number of carbonyl (C=O) groups excluding carboxylic acids is 1. The Balaban J connectivity index is 0.00000300. The van der Waals surface area contributed by atoms with Crippen molar-refractivity contribution >= 4 is 18.3 Å². The Morgan fingerprint density at radius 1 is 1.07 bits per heavy atom. The summed E-state index contributed by atoms with van der Waals surface area (Å²) in [6.07, 6.45) is 3.92. The van der Waals surface area contributed by atoms with Crippen molar-refractivity contribution in [2.24, 2.45) is 5.92 Å². The SMILES string of the molecule is COc1cc(CNC(=O)CCC2CCNCC2)ccc1OCc1ccccc1.Cl. The molecule has 1 aliphatic heterocycles. The van der Waals surface area contributed by atoms with E-state index in [4.69, 9.17) is 9.47 Å². The molecule has 1 saturated heterocycles. The van der Waals surface area contributed by atoms with Crippen LogP contribution < -0.4 is 20.1 Å². The normalized spacial score (nSPS) is 14.0. The van der Waals surface area contributed by atoms with E-state index in [2.05, 4.69) is 10.6 Å². The van der Waals surface area contributed by atoms with Gasteiger partial charge >= 0.3 is 0 Å². The van der Waals surface area contributed by atoms with Crippen molar-refractivity contribution in [2.75, 3.05) is 20.2 Å². The minimum atomic E-state index is 0. The summed E-state index contributed by atoms with van der Waals surface area (Å²) in [6.45, 7) is 3.14. The molecule has 0 bridgehead atoms. The Morgan fingerprint density at radius 3 is 2.55 bits per heavy atom. The van der Waals surface area contributed by atoms with Crippen LogP contribution in [0.2, 0.25) is 0 Å². The number of rotatable bonds is 9. The van der Waals surface area contributed by atoms with E-state index < -0.39 is 0 Å². The van der Waals surface area contributed by atoms with E-state index in [9.17, 15) is 4.79 Å². The van der Waals surface area contributed by atoms with Crippen LogP contribution in [0.15, 0.2) is 48.5 Å². The van der Waals surface area contributed by atoms with E-state index in [0.717, 1.165) is 30.6 Å². The lowest BCUT2D eigenvalue weighted by molar-refractivity contribution is -0.121. The molecular weight excluding hydrogens is 388 g/mol. The number of amides is 1. The maximum Gasteiger partial charge on any atom is 0.220 e. The Morgan fingerprint density at radius 2 is 1.83 bits per heavy atom. The molecule has 1 fully saturated rings. The molecule has 0 unspecified atom stereocenters. The molecule has 1 aliphatic rings. The molecule has 0 saturated carbocycles. The fourth-order valence-electron chi connectivity index (χ4n) is 3.47. The van der Waals surface area contributed by atoms with Gasteiger partial charge in [-0.25, -0.2) is 0 Å². The van der Waals surface area contributed by atoms with Crippen LogP contribution >= 0.6 is 12.4 Å². The first kappa shape index (κ1) is 23.0. The van der Waals surface area contributed by atoms with Crippen LogP contribution in [0.25, 0.3) is 0 Å². The summed E-state index contributed by atoms with van der Waals surface area (Å²) >= 11 is 0. The zero-order valence-corrected chi connectivity index (χ0v) is 17.8. The third-order valence-electron chi connectivity index (χ3n) is 5.19. The summed E-state index contributed by atoms with van der Waals surface area (Å²) in [6, 6.07) is 15.8. The Labute approximate surface area is 179 Å². The molecule has 2 aromatic rings. The third kappa shape index (κ3) is 7.59. The number of nitrogens with one attached hydrogen (secondary N) is 2. The summed E-state index contributed by atoms with van der Waals surface area (Å²) in [5.41, 5.74) is 2.11. The quantitative estimate of drug-likeness (QED) is 0.643.